The molecule has 1 aromatic heterocycles. The van der Waals surface area contributed by atoms with Crippen LogP contribution in [-0.2, 0) is 4.74 Å². The van der Waals surface area contributed by atoms with Crippen molar-refractivity contribution in [1.29, 1.82) is 5.26 Å². The van der Waals surface area contributed by atoms with Gasteiger partial charge in [0, 0.05) is 37.9 Å². The van der Waals surface area contributed by atoms with Gasteiger partial charge in [-0.25, -0.2) is 4.98 Å². The second-order valence-electron chi connectivity index (χ2n) is 9.15. The van der Waals surface area contributed by atoms with Crippen LogP contribution in [0.2, 0.25) is 0 Å². The van der Waals surface area contributed by atoms with E-state index in [2.05, 4.69) is 39.4 Å². The predicted octanol–water partition coefficient (Wildman–Crippen LogP) is 5.00. The van der Waals surface area contributed by atoms with Gasteiger partial charge in [-0.05, 0) is 63.1 Å². The smallest absolute Gasteiger partial charge is 0.188 e. The lowest BCUT2D eigenvalue weighted by molar-refractivity contribution is 0.0115. The Kier molecular flexibility index (Phi) is 6.86. The molecular formula is C26H31N5O2S. The first-order chi connectivity index (χ1) is 16.6. The fourth-order valence-corrected chi connectivity index (χ4v) is 5.63. The van der Waals surface area contributed by atoms with Crippen molar-refractivity contribution in [3.63, 3.8) is 0 Å². The molecule has 178 valence electrons. The van der Waals surface area contributed by atoms with Gasteiger partial charge in [-0.2, -0.15) is 5.26 Å². The van der Waals surface area contributed by atoms with E-state index in [9.17, 15) is 5.26 Å². The summed E-state index contributed by atoms with van der Waals surface area (Å²) in [7, 11) is 0. The number of nitriles is 1. The molecule has 2 aliphatic rings. The molecule has 5 rings (SSSR count). The van der Waals surface area contributed by atoms with E-state index in [1.54, 1.807) is 17.4 Å². The van der Waals surface area contributed by atoms with E-state index < -0.39 is 0 Å². The Bertz CT molecular complexity index is 1170. The minimum Gasteiger partial charge on any atom is -0.489 e. The molecule has 2 aliphatic heterocycles. The predicted molar refractivity (Wildman–Crippen MR) is 137 cm³/mol. The molecule has 0 spiro atoms. The van der Waals surface area contributed by atoms with Gasteiger partial charge in [-0.15, -0.1) is 0 Å². The van der Waals surface area contributed by atoms with Crippen molar-refractivity contribution in [2.24, 2.45) is 0 Å². The first kappa shape index (κ1) is 22.9. The van der Waals surface area contributed by atoms with E-state index in [4.69, 9.17) is 14.5 Å². The largest absolute Gasteiger partial charge is 0.489 e. The molecule has 34 heavy (non-hydrogen) atoms. The minimum absolute atomic E-state index is 0.0406. The third kappa shape index (κ3) is 5.12. The lowest BCUT2D eigenvalue weighted by Gasteiger charge is -2.40. The van der Waals surface area contributed by atoms with E-state index >= 15 is 0 Å². The normalized spacial score (nSPS) is 17.8. The molecule has 2 saturated heterocycles. The number of hydrogen-bond acceptors (Lipinski definition) is 8. The average Bonchev–Trinajstić information content (AvgIpc) is 3.27. The van der Waals surface area contributed by atoms with Gasteiger partial charge in [0.05, 0.1) is 46.9 Å². The molecule has 0 saturated carbocycles. The quantitative estimate of drug-likeness (QED) is 0.536. The summed E-state index contributed by atoms with van der Waals surface area (Å²) >= 11 is 1.61. The number of hydrogen-bond donors (Lipinski definition) is 1. The van der Waals surface area contributed by atoms with Crippen molar-refractivity contribution < 1.29 is 9.47 Å². The van der Waals surface area contributed by atoms with Gasteiger partial charge < -0.3 is 19.7 Å². The molecule has 0 radical (unpaired) electrons. The molecule has 3 aromatic rings. The third-order valence-corrected chi connectivity index (χ3v) is 7.43. The second-order valence-corrected chi connectivity index (χ2v) is 10.2. The number of rotatable bonds is 6. The maximum Gasteiger partial charge on any atom is 0.188 e. The molecule has 2 fully saturated rings. The van der Waals surface area contributed by atoms with Crippen LogP contribution in [0.15, 0.2) is 36.4 Å². The number of anilines is 3. The van der Waals surface area contributed by atoms with Crippen molar-refractivity contribution >= 4 is 38.1 Å². The SMILES string of the molecule is CC(C)Oc1ccc(C#N)cc1Nc1nc2cc(N3CCC(N4CCOCC4)CC3)ccc2s1. The molecule has 0 atom stereocenters. The highest BCUT2D eigenvalue weighted by Crippen LogP contribution is 2.35. The van der Waals surface area contributed by atoms with Crippen LogP contribution >= 0.6 is 11.3 Å². The van der Waals surface area contributed by atoms with E-state index in [1.807, 2.05) is 26.0 Å². The first-order valence-electron chi connectivity index (χ1n) is 12.0. The third-order valence-electron chi connectivity index (χ3n) is 6.48. The second kappa shape index (κ2) is 10.2. The van der Waals surface area contributed by atoms with Crippen LogP contribution in [-0.4, -0.2) is 61.4 Å². The van der Waals surface area contributed by atoms with Crippen LogP contribution in [0.25, 0.3) is 10.2 Å². The van der Waals surface area contributed by atoms with E-state index in [0.29, 0.717) is 11.6 Å². The number of benzene rings is 2. The van der Waals surface area contributed by atoms with Gasteiger partial charge in [-0.3, -0.25) is 4.90 Å². The van der Waals surface area contributed by atoms with Crippen molar-refractivity contribution in [2.45, 2.75) is 38.8 Å². The fraction of sp³-hybridized carbons (Fsp3) is 0.462. The number of nitrogens with zero attached hydrogens (tertiary/aromatic N) is 4. The van der Waals surface area contributed by atoms with Crippen LogP contribution in [0.4, 0.5) is 16.5 Å². The Hall–Kier alpha value is -2.86. The number of fused-ring (bicyclic) bond motifs is 1. The highest BCUT2D eigenvalue weighted by atomic mass is 32.1. The summed E-state index contributed by atoms with van der Waals surface area (Å²) in [6, 6.07) is 14.9. The number of morpholine rings is 1. The Labute approximate surface area is 204 Å². The highest BCUT2D eigenvalue weighted by molar-refractivity contribution is 7.22. The van der Waals surface area contributed by atoms with Crippen LogP contribution in [0.3, 0.4) is 0 Å². The molecule has 1 N–H and O–H groups in total. The van der Waals surface area contributed by atoms with Crippen molar-refractivity contribution in [3.05, 3.63) is 42.0 Å². The van der Waals surface area contributed by atoms with E-state index in [1.165, 1.54) is 18.5 Å². The topological polar surface area (TPSA) is 73.7 Å². The van der Waals surface area contributed by atoms with Crippen LogP contribution in [0.1, 0.15) is 32.3 Å². The average molecular weight is 478 g/mol. The van der Waals surface area contributed by atoms with Gasteiger partial charge in [0.1, 0.15) is 5.75 Å². The van der Waals surface area contributed by atoms with Crippen LogP contribution in [0, 0.1) is 11.3 Å². The maximum absolute atomic E-state index is 9.32. The maximum atomic E-state index is 9.32. The van der Waals surface area contributed by atoms with Gasteiger partial charge in [0.25, 0.3) is 0 Å². The number of thiazole rings is 1. The lowest BCUT2D eigenvalue weighted by Crippen LogP contribution is -2.49. The summed E-state index contributed by atoms with van der Waals surface area (Å²) in [6.45, 7) is 9.97. The first-order valence-corrected chi connectivity index (χ1v) is 12.9. The molecule has 2 aromatic carbocycles. The van der Waals surface area contributed by atoms with Crippen molar-refractivity contribution in [1.82, 2.24) is 9.88 Å². The number of ether oxygens (including phenoxy) is 2. The monoisotopic (exact) mass is 477 g/mol. The van der Waals surface area contributed by atoms with Crippen molar-refractivity contribution in [3.8, 4) is 11.8 Å². The van der Waals surface area contributed by atoms with Crippen LogP contribution < -0.4 is 15.0 Å². The molecule has 0 aliphatic carbocycles. The Morgan fingerprint density at radius 1 is 1.12 bits per heavy atom. The minimum atomic E-state index is 0.0406. The molecule has 0 unspecified atom stereocenters. The Balaban J connectivity index is 1.30. The van der Waals surface area contributed by atoms with Gasteiger partial charge in [0.2, 0.25) is 0 Å². The standard InChI is InChI=1S/C26H31N5O2S/c1-18(2)33-24-5-3-19(17-27)15-22(24)28-26-29-23-16-21(4-6-25(23)34-26)30-9-7-20(8-10-30)31-11-13-32-14-12-31/h3-6,15-16,18,20H,7-14H2,1-2H3,(H,28,29). The summed E-state index contributed by atoms with van der Waals surface area (Å²) < 4.78 is 12.6. The highest BCUT2D eigenvalue weighted by Gasteiger charge is 2.26. The summed E-state index contributed by atoms with van der Waals surface area (Å²) in [6.07, 6.45) is 2.42. The number of nitrogens with one attached hydrogen (secondary N) is 1. The zero-order valence-corrected chi connectivity index (χ0v) is 20.6. The summed E-state index contributed by atoms with van der Waals surface area (Å²) in [4.78, 5) is 9.93. The molecular weight excluding hydrogens is 446 g/mol. The summed E-state index contributed by atoms with van der Waals surface area (Å²) in [5, 5.41) is 13.5. The molecule has 7 nitrogen and oxygen atoms in total. The van der Waals surface area contributed by atoms with E-state index in [0.717, 1.165) is 66.2 Å². The summed E-state index contributed by atoms with van der Waals surface area (Å²) in [5.41, 5.74) is 3.57. The Morgan fingerprint density at radius 2 is 1.91 bits per heavy atom. The van der Waals surface area contributed by atoms with Crippen LogP contribution in [0.5, 0.6) is 5.75 Å². The van der Waals surface area contributed by atoms with Gasteiger partial charge in [-0.1, -0.05) is 11.3 Å². The number of aromatic nitrogens is 1. The Morgan fingerprint density at radius 3 is 2.65 bits per heavy atom. The zero-order chi connectivity index (χ0) is 23.5. The fourth-order valence-electron chi connectivity index (χ4n) is 4.77. The zero-order valence-electron chi connectivity index (χ0n) is 19.8. The molecule has 3 heterocycles. The van der Waals surface area contributed by atoms with E-state index in [-0.39, 0.29) is 6.10 Å². The number of piperidine rings is 1. The molecule has 8 heteroatoms. The van der Waals surface area contributed by atoms with Gasteiger partial charge >= 0.3 is 0 Å². The van der Waals surface area contributed by atoms with Gasteiger partial charge in [0.15, 0.2) is 5.13 Å². The molecule has 0 bridgehead atoms. The summed E-state index contributed by atoms with van der Waals surface area (Å²) in [5.74, 6) is 0.720. The van der Waals surface area contributed by atoms with Crippen molar-refractivity contribution in [2.75, 3.05) is 49.6 Å². The lowest BCUT2D eigenvalue weighted by atomic mass is 10.0. The molecule has 0 amide bonds.